The van der Waals surface area contributed by atoms with Crippen molar-refractivity contribution in [3.8, 4) is 5.69 Å². The fourth-order valence-electron chi connectivity index (χ4n) is 4.39. The smallest absolute Gasteiger partial charge is 0.163 e. The lowest BCUT2D eigenvalue weighted by Gasteiger charge is -2.46. The van der Waals surface area contributed by atoms with Crippen LogP contribution in [0.25, 0.3) is 5.69 Å². The highest BCUT2D eigenvalue weighted by Gasteiger charge is 2.45. The molecule has 5 heteroatoms. The van der Waals surface area contributed by atoms with Crippen molar-refractivity contribution in [2.75, 3.05) is 26.7 Å². The number of hydrogen-bond donors (Lipinski definition) is 0. The number of ether oxygens (including phenoxy) is 2. The molecule has 26 heavy (non-hydrogen) atoms. The van der Waals surface area contributed by atoms with E-state index in [4.69, 9.17) is 14.6 Å². The number of methoxy groups -OCH3 is 1. The number of para-hydroxylation sites is 1. The Balaban J connectivity index is 1.66. The van der Waals surface area contributed by atoms with Gasteiger partial charge in [0.1, 0.15) is 5.60 Å². The molecule has 4 rings (SSSR count). The predicted octanol–water partition coefficient (Wildman–Crippen LogP) is 3.36. The molecule has 1 aromatic heterocycles. The standard InChI is InChI=1S/C21H29N3O2/c1-16(2)15-23-11-9-21(10-12-23)18-14-22-24(17-7-5-4-6-8-17)19(18)13-20(25-3)26-21/h4-8,14,16,20H,9-13,15H2,1-3H3/t20-/m1/s1. The number of piperidine rings is 1. The zero-order chi connectivity index (χ0) is 18.1. The molecule has 1 atom stereocenters. The van der Waals surface area contributed by atoms with E-state index >= 15 is 0 Å². The monoisotopic (exact) mass is 355 g/mol. The largest absolute Gasteiger partial charge is 0.355 e. The fourth-order valence-corrected chi connectivity index (χ4v) is 4.39. The summed E-state index contributed by atoms with van der Waals surface area (Å²) in [6, 6.07) is 10.3. The highest BCUT2D eigenvalue weighted by Crippen LogP contribution is 2.44. The Morgan fingerprint density at radius 2 is 1.96 bits per heavy atom. The summed E-state index contributed by atoms with van der Waals surface area (Å²) in [5.41, 5.74) is 3.30. The number of fused-ring (bicyclic) bond motifs is 2. The molecule has 140 valence electrons. The Morgan fingerprint density at radius 1 is 1.23 bits per heavy atom. The molecule has 5 nitrogen and oxygen atoms in total. The minimum Gasteiger partial charge on any atom is -0.355 e. The maximum atomic E-state index is 6.49. The lowest BCUT2D eigenvalue weighted by molar-refractivity contribution is -0.227. The predicted molar refractivity (Wildman–Crippen MR) is 101 cm³/mol. The third-order valence-corrected chi connectivity index (χ3v) is 5.63. The molecule has 0 unspecified atom stereocenters. The molecule has 1 saturated heterocycles. The van der Waals surface area contributed by atoms with Crippen molar-refractivity contribution in [3.05, 3.63) is 47.8 Å². The Hall–Kier alpha value is -1.69. The van der Waals surface area contributed by atoms with E-state index in [1.54, 1.807) is 7.11 Å². The van der Waals surface area contributed by atoms with Crippen LogP contribution < -0.4 is 0 Å². The molecule has 2 aromatic rings. The minimum atomic E-state index is -0.269. The van der Waals surface area contributed by atoms with Gasteiger partial charge in [0, 0.05) is 38.7 Å². The average Bonchev–Trinajstić information content (AvgIpc) is 3.09. The van der Waals surface area contributed by atoms with Crippen LogP contribution in [0.4, 0.5) is 0 Å². The number of aromatic nitrogens is 2. The van der Waals surface area contributed by atoms with E-state index in [2.05, 4.69) is 47.7 Å². The molecule has 1 fully saturated rings. The summed E-state index contributed by atoms with van der Waals surface area (Å²) in [5.74, 6) is 0.694. The summed E-state index contributed by atoms with van der Waals surface area (Å²) < 4.78 is 14.2. The molecule has 1 spiro atoms. The zero-order valence-corrected chi connectivity index (χ0v) is 16.0. The summed E-state index contributed by atoms with van der Waals surface area (Å²) in [7, 11) is 1.74. The number of likely N-dealkylation sites (tertiary alicyclic amines) is 1. The maximum Gasteiger partial charge on any atom is 0.163 e. The van der Waals surface area contributed by atoms with E-state index in [9.17, 15) is 0 Å². The van der Waals surface area contributed by atoms with Crippen molar-refractivity contribution >= 4 is 0 Å². The fraction of sp³-hybridized carbons (Fsp3) is 0.571. The SMILES string of the molecule is CO[C@H]1Cc2c(cnn2-c2ccccc2)C2(CCN(CC(C)C)CC2)O1. The summed E-state index contributed by atoms with van der Waals surface area (Å²) >= 11 is 0. The molecule has 3 heterocycles. The van der Waals surface area contributed by atoms with Gasteiger partial charge in [-0.1, -0.05) is 32.0 Å². The Labute approximate surface area is 155 Å². The van der Waals surface area contributed by atoms with Crippen molar-refractivity contribution in [1.29, 1.82) is 0 Å². The summed E-state index contributed by atoms with van der Waals surface area (Å²) in [6.45, 7) is 7.84. The van der Waals surface area contributed by atoms with Gasteiger partial charge in [-0.15, -0.1) is 0 Å². The molecule has 0 bridgehead atoms. The number of benzene rings is 1. The molecular formula is C21H29N3O2. The molecular weight excluding hydrogens is 326 g/mol. The van der Waals surface area contributed by atoms with E-state index in [1.165, 1.54) is 11.3 Å². The average molecular weight is 355 g/mol. The van der Waals surface area contributed by atoms with Gasteiger partial charge in [0.05, 0.1) is 17.6 Å². The van der Waals surface area contributed by atoms with Gasteiger partial charge in [0.15, 0.2) is 6.29 Å². The van der Waals surface area contributed by atoms with Gasteiger partial charge < -0.3 is 14.4 Å². The minimum absolute atomic E-state index is 0.210. The van der Waals surface area contributed by atoms with Crippen molar-refractivity contribution in [1.82, 2.24) is 14.7 Å². The molecule has 0 N–H and O–H groups in total. The van der Waals surface area contributed by atoms with Crippen molar-refractivity contribution in [2.45, 2.75) is 45.0 Å². The molecule has 2 aliphatic rings. The normalized spacial score (nSPS) is 22.7. The van der Waals surface area contributed by atoms with Crippen LogP contribution in [-0.2, 0) is 21.5 Å². The van der Waals surface area contributed by atoms with Gasteiger partial charge in [-0.3, -0.25) is 0 Å². The first-order valence-electron chi connectivity index (χ1n) is 9.67. The second kappa shape index (κ2) is 7.14. The van der Waals surface area contributed by atoms with Crippen molar-refractivity contribution in [2.24, 2.45) is 5.92 Å². The first kappa shape index (κ1) is 17.7. The Bertz CT molecular complexity index is 733. The van der Waals surface area contributed by atoms with Crippen LogP contribution in [0.1, 0.15) is 37.9 Å². The van der Waals surface area contributed by atoms with Crippen LogP contribution >= 0.6 is 0 Å². The summed E-state index contributed by atoms with van der Waals surface area (Å²) in [5, 5.41) is 4.72. The molecule has 0 saturated carbocycles. The third-order valence-electron chi connectivity index (χ3n) is 5.63. The maximum absolute atomic E-state index is 6.49. The second-order valence-electron chi connectivity index (χ2n) is 7.93. The van der Waals surface area contributed by atoms with Gasteiger partial charge in [-0.2, -0.15) is 5.10 Å². The quantitative estimate of drug-likeness (QED) is 0.843. The Morgan fingerprint density at radius 3 is 2.62 bits per heavy atom. The summed E-state index contributed by atoms with van der Waals surface area (Å²) in [6.07, 6.45) is 4.53. The third kappa shape index (κ3) is 3.20. The first-order valence-corrected chi connectivity index (χ1v) is 9.67. The van der Waals surface area contributed by atoms with Gasteiger partial charge in [-0.25, -0.2) is 4.68 Å². The Kier molecular flexibility index (Phi) is 4.86. The van der Waals surface area contributed by atoms with Gasteiger partial charge in [0.25, 0.3) is 0 Å². The van der Waals surface area contributed by atoms with Gasteiger partial charge in [-0.05, 0) is 30.9 Å². The molecule has 1 aromatic carbocycles. The van der Waals surface area contributed by atoms with Crippen LogP contribution in [-0.4, -0.2) is 47.7 Å². The lowest BCUT2D eigenvalue weighted by atomic mass is 9.81. The van der Waals surface area contributed by atoms with Crippen molar-refractivity contribution in [3.63, 3.8) is 0 Å². The highest BCUT2D eigenvalue weighted by atomic mass is 16.7. The molecule has 0 radical (unpaired) electrons. The van der Waals surface area contributed by atoms with Crippen LogP contribution in [0, 0.1) is 5.92 Å². The number of hydrogen-bond acceptors (Lipinski definition) is 4. The van der Waals surface area contributed by atoms with E-state index < -0.39 is 0 Å². The highest BCUT2D eigenvalue weighted by molar-refractivity contribution is 5.38. The van der Waals surface area contributed by atoms with Gasteiger partial charge >= 0.3 is 0 Å². The van der Waals surface area contributed by atoms with Crippen LogP contribution in [0.3, 0.4) is 0 Å². The van der Waals surface area contributed by atoms with E-state index in [0.29, 0.717) is 5.92 Å². The first-order chi connectivity index (χ1) is 12.6. The van der Waals surface area contributed by atoms with Crippen LogP contribution in [0.15, 0.2) is 36.5 Å². The van der Waals surface area contributed by atoms with E-state index in [1.807, 2.05) is 12.3 Å². The van der Waals surface area contributed by atoms with Crippen LogP contribution in [0.5, 0.6) is 0 Å². The van der Waals surface area contributed by atoms with Crippen molar-refractivity contribution < 1.29 is 9.47 Å². The lowest BCUT2D eigenvalue weighted by Crippen LogP contribution is -2.49. The topological polar surface area (TPSA) is 39.5 Å². The molecule has 0 amide bonds. The van der Waals surface area contributed by atoms with Crippen LogP contribution in [0.2, 0.25) is 0 Å². The zero-order valence-electron chi connectivity index (χ0n) is 16.0. The summed E-state index contributed by atoms with van der Waals surface area (Å²) in [4.78, 5) is 2.55. The second-order valence-corrected chi connectivity index (χ2v) is 7.93. The number of nitrogens with zero attached hydrogens (tertiary/aromatic N) is 3. The van der Waals surface area contributed by atoms with Gasteiger partial charge in [0.2, 0.25) is 0 Å². The number of rotatable bonds is 4. The molecule has 0 aliphatic carbocycles. The molecule has 2 aliphatic heterocycles. The van der Waals surface area contributed by atoms with E-state index in [0.717, 1.165) is 44.6 Å². The van der Waals surface area contributed by atoms with E-state index in [-0.39, 0.29) is 11.9 Å².